The van der Waals surface area contributed by atoms with E-state index in [4.69, 9.17) is 22.7 Å². The summed E-state index contributed by atoms with van der Waals surface area (Å²) in [7, 11) is -1.62. The van der Waals surface area contributed by atoms with Crippen LogP contribution in [0.25, 0.3) is 0 Å². The molecular weight excluding hydrogens is 260 g/mol. The molecule has 0 radical (unpaired) electrons. The SMILES string of the molecule is COCCCS(=O)(=O)N1CCCC(C(N)=S)C1. The van der Waals surface area contributed by atoms with Crippen LogP contribution in [0.3, 0.4) is 0 Å². The van der Waals surface area contributed by atoms with Gasteiger partial charge >= 0.3 is 0 Å². The number of rotatable bonds is 6. The van der Waals surface area contributed by atoms with Crippen LogP contribution in [0.4, 0.5) is 0 Å². The standard InChI is InChI=1S/C10H20N2O3S2/c1-15-6-3-7-17(13,14)12-5-2-4-9(8-12)10(11)16/h9H,2-8H2,1H3,(H2,11,16). The van der Waals surface area contributed by atoms with E-state index < -0.39 is 10.0 Å². The summed E-state index contributed by atoms with van der Waals surface area (Å²) in [4.78, 5) is 0.418. The Morgan fingerprint density at radius 2 is 2.29 bits per heavy atom. The second-order valence-electron chi connectivity index (χ2n) is 4.26. The average Bonchev–Trinajstić information content (AvgIpc) is 2.29. The zero-order valence-electron chi connectivity index (χ0n) is 10.1. The number of thiocarbonyl (C=S) groups is 1. The lowest BCUT2D eigenvalue weighted by atomic mass is 10.0. The number of sulfonamides is 1. The van der Waals surface area contributed by atoms with Crippen LogP contribution in [-0.2, 0) is 14.8 Å². The van der Waals surface area contributed by atoms with Gasteiger partial charge in [-0.25, -0.2) is 12.7 Å². The van der Waals surface area contributed by atoms with Crippen molar-refractivity contribution in [3.05, 3.63) is 0 Å². The van der Waals surface area contributed by atoms with E-state index in [1.165, 1.54) is 4.31 Å². The molecular formula is C10H20N2O3S2. The van der Waals surface area contributed by atoms with Crippen molar-refractivity contribution in [2.24, 2.45) is 11.7 Å². The van der Waals surface area contributed by atoms with Crippen molar-refractivity contribution in [1.29, 1.82) is 0 Å². The van der Waals surface area contributed by atoms with Crippen molar-refractivity contribution < 1.29 is 13.2 Å². The molecule has 17 heavy (non-hydrogen) atoms. The quantitative estimate of drug-likeness (QED) is 0.561. The fourth-order valence-electron chi connectivity index (χ4n) is 1.94. The molecule has 0 spiro atoms. The molecule has 5 nitrogen and oxygen atoms in total. The van der Waals surface area contributed by atoms with E-state index in [-0.39, 0.29) is 11.7 Å². The first-order valence-corrected chi connectivity index (χ1v) is 7.75. The zero-order chi connectivity index (χ0) is 12.9. The molecule has 2 N–H and O–H groups in total. The van der Waals surface area contributed by atoms with Gasteiger partial charge in [0, 0.05) is 32.7 Å². The molecule has 1 aliphatic rings. The van der Waals surface area contributed by atoms with E-state index in [0.29, 0.717) is 31.1 Å². The number of piperidine rings is 1. The highest BCUT2D eigenvalue weighted by Gasteiger charge is 2.29. The predicted molar refractivity (Wildman–Crippen MR) is 71.4 cm³/mol. The van der Waals surface area contributed by atoms with Crippen molar-refractivity contribution >= 4 is 27.2 Å². The largest absolute Gasteiger partial charge is 0.393 e. The first-order valence-electron chi connectivity index (χ1n) is 5.73. The number of hydrogen-bond donors (Lipinski definition) is 1. The Morgan fingerprint density at radius 3 is 2.88 bits per heavy atom. The Labute approximate surface area is 108 Å². The van der Waals surface area contributed by atoms with Gasteiger partial charge in [-0.05, 0) is 19.3 Å². The summed E-state index contributed by atoms with van der Waals surface area (Å²) in [5.41, 5.74) is 5.58. The summed E-state index contributed by atoms with van der Waals surface area (Å²) < 4.78 is 30.4. The molecule has 0 aliphatic carbocycles. The summed E-state index contributed by atoms with van der Waals surface area (Å²) in [6, 6.07) is 0. The van der Waals surface area contributed by atoms with Crippen molar-refractivity contribution in [1.82, 2.24) is 4.31 Å². The van der Waals surface area contributed by atoms with Gasteiger partial charge in [0.25, 0.3) is 0 Å². The highest BCUT2D eigenvalue weighted by molar-refractivity contribution is 7.89. The van der Waals surface area contributed by atoms with Crippen LogP contribution in [0.2, 0.25) is 0 Å². The Morgan fingerprint density at radius 1 is 1.59 bits per heavy atom. The minimum atomic E-state index is -3.18. The van der Waals surface area contributed by atoms with Gasteiger partial charge < -0.3 is 10.5 Å². The summed E-state index contributed by atoms with van der Waals surface area (Å²) in [6.45, 7) is 1.48. The van der Waals surface area contributed by atoms with Gasteiger partial charge in [-0.2, -0.15) is 0 Å². The van der Waals surface area contributed by atoms with Gasteiger partial charge in [0.2, 0.25) is 10.0 Å². The predicted octanol–water partition coefficient (Wildman–Crippen LogP) is 0.351. The highest BCUT2D eigenvalue weighted by Crippen LogP contribution is 2.20. The van der Waals surface area contributed by atoms with Crippen LogP contribution < -0.4 is 5.73 Å². The molecule has 7 heteroatoms. The van der Waals surface area contributed by atoms with Gasteiger partial charge in [0.05, 0.1) is 10.7 Å². The summed E-state index contributed by atoms with van der Waals surface area (Å²) in [5, 5.41) is 0. The van der Waals surface area contributed by atoms with E-state index in [1.54, 1.807) is 7.11 Å². The fraction of sp³-hybridized carbons (Fsp3) is 0.900. The smallest absolute Gasteiger partial charge is 0.214 e. The molecule has 0 bridgehead atoms. The molecule has 0 amide bonds. The number of nitrogens with two attached hydrogens (primary N) is 1. The second-order valence-corrected chi connectivity index (χ2v) is 6.82. The third-order valence-electron chi connectivity index (χ3n) is 2.93. The lowest BCUT2D eigenvalue weighted by Gasteiger charge is -2.31. The van der Waals surface area contributed by atoms with E-state index in [9.17, 15) is 8.42 Å². The van der Waals surface area contributed by atoms with Crippen molar-refractivity contribution in [2.75, 3.05) is 32.6 Å². The van der Waals surface area contributed by atoms with Gasteiger partial charge in [-0.1, -0.05) is 12.2 Å². The summed E-state index contributed by atoms with van der Waals surface area (Å²) in [6.07, 6.45) is 2.23. The summed E-state index contributed by atoms with van der Waals surface area (Å²) in [5.74, 6) is 0.154. The zero-order valence-corrected chi connectivity index (χ0v) is 11.7. The molecule has 1 atom stereocenters. The molecule has 1 aliphatic heterocycles. The van der Waals surface area contributed by atoms with Crippen LogP contribution in [0.5, 0.6) is 0 Å². The first-order chi connectivity index (χ1) is 7.97. The molecule has 0 aromatic heterocycles. The van der Waals surface area contributed by atoms with Gasteiger partial charge in [0.15, 0.2) is 0 Å². The molecule has 1 saturated heterocycles. The molecule has 1 heterocycles. The van der Waals surface area contributed by atoms with Gasteiger partial charge in [0.1, 0.15) is 0 Å². The first kappa shape index (κ1) is 14.8. The monoisotopic (exact) mass is 280 g/mol. The Bertz CT molecular complexity index is 357. The minimum Gasteiger partial charge on any atom is -0.393 e. The Balaban J connectivity index is 2.55. The van der Waals surface area contributed by atoms with Gasteiger partial charge in [-0.3, -0.25) is 0 Å². The van der Waals surface area contributed by atoms with Crippen molar-refractivity contribution in [3.8, 4) is 0 Å². The third kappa shape index (κ3) is 4.50. The second kappa shape index (κ2) is 6.63. The van der Waals surface area contributed by atoms with Crippen molar-refractivity contribution in [3.63, 3.8) is 0 Å². The molecule has 1 unspecified atom stereocenters. The van der Waals surface area contributed by atoms with Crippen LogP contribution >= 0.6 is 12.2 Å². The van der Waals surface area contributed by atoms with Crippen LogP contribution in [0, 0.1) is 5.92 Å². The maximum Gasteiger partial charge on any atom is 0.214 e. The molecule has 0 aromatic carbocycles. The maximum atomic E-state index is 12.0. The van der Waals surface area contributed by atoms with E-state index in [0.717, 1.165) is 12.8 Å². The molecule has 1 rings (SSSR count). The van der Waals surface area contributed by atoms with Crippen LogP contribution in [-0.4, -0.2) is 50.3 Å². The Hall–Kier alpha value is -0.240. The number of ether oxygens (including phenoxy) is 1. The molecule has 0 aromatic rings. The molecule has 1 fully saturated rings. The van der Waals surface area contributed by atoms with Crippen LogP contribution in [0.1, 0.15) is 19.3 Å². The molecule has 100 valence electrons. The van der Waals surface area contributed by atoms with Gasteiger partial charge in [-0.15, -0.1) is 0 Å². The topological polar surface area (TPSA) is 72.6 Å². The Kier molecular flexibility index (Phi) is 5.78. The minimum absolute atomic E-state index is 0.0240. The van der Waals surface area contributed by atoms with E-state index >= 15 is 0 Å². The fourth-order valence-corrected chi connectivity index (χ4v) is 3.69. The molecule has 0 saturated carbocycles. The number of hydrogen-bond acceptors (Lipinski definition) is 4. The maximum absolute atomic E-state index is 12.0. The number of methoxy groups -OCH3 is 1. The third-order valence-corrected chi connectivity index (χ3v) is 5.19. The number of nitrogens with zero attached hydrogens (tertiary/aromatic N) is 1. The van der Waals surface area contributed by atoms with Crippen LogP contribution in [0.15, 0.2) is 0 Å². The van der Waals surface area contributed by atoms with E-state index in [1.807, 2.05) is 0 Å². The normalized spacial score (nSPS) is 22.5. The highest BCUT2D eigenvalue weighted by atomic mass is 32.2. The van der Waals surface area contributed by atoms with Crippen molar-refractivity contribution in [2.45, 2.75) is 19.3 Å². The van der Waals surface area contributed by atoms with E-state index in [2.05, 4.69) is 0 Å². The lowest BCUT2D eigenvalue weighted by molar-refractivity contribution is 0.199. The average molecular weight is 280 g/mol. The lowest BCUT2D eigenvalue weighted by Crippen LogP contribution is -2.44. The summed E-state index contributed by atoms with van der Waals surface area (Å²) >= 11 is 4.93.